The first-order valence-electron chi connectivity index (χ1n) is 14.8. The summed E-state index contributed by atoms with van der Waals surface area (Å²) in [6, 6.07) is 2.88. The van der Waals surface area contributed by atoms with Crippen molar-refractivity contribution in [1.82, 2.24) is 9.80 Å². The van der Waals surface area contributed by atoms with Gasteiger partial charge in [-0.2, -0.15) is 0 Å². The van der Waals surface area contributed by atoms with E-state index in [1.54, 1.807) is 24.0 Å². The first kappa shape index (κ1) is 34.6. The Hall–Kier alpha value is -4.26. The summed E-state index contributed by atoms with van der Waals surface area (Å²) >= 11 is 6.60. The summed E-state index contributed by atoms with van der Waals surface area (Å²) in [4.78, 5) is 50.8. The van der Waals surface area contributed by atoms with E-state index in [0.717, 1.165) is 11.1 Å². The van der Waals surface area contributed by atoms with Crippen LogP contribution in [0.1, 0.15) is 68.3 Å². The number of nitrogens with zero attached hydrogens (tertiary/aromatic N) is 2. The zero-order valence-corrected chi connectivity index (χ0v) is 27.1. The number of methoxy groups -OCH3 is 2. The Morgan fingerprint density at radius 1 is 0.891 bits per heavy atom. The molecule has 1 unspecified atom stereocenters. The van der Waals surface area contributed by atoms with Gasteiger partial charge in [-0.1, -0.05) is 25.4 Å². The Balaban J connectivity index is 1.39. The molecule has 2 heterocycles. The fraction of sp³-hybridized carbons (Fsp3) is 0.500. The molecule has 2 N–H and O–H groups in total. The van der Waals surface area contributed by atoms with E-state index < -0.39 is 41.5 Å². The van der Waals surface area contributed by atoms with E-state index in [2.05, 4.69) is 0 Å². The van der Waals surface area contributed by atoms with E-state index >= 15 is 4.39 Å². The SMILES string of the molecule is COc1cc2c(cc1OCCCOc1c(F)c3c(c(Cl)c1OC)CN(C(=O)C[C@H](C)C(=O)O)C3C)CN(C(=O)C[C@H](C)C(=O)O)C2. The zero-order valence-electron chi connectivity index (χ0n) is 26.4. The Kier molecular flexibility index (Phi) is 10.9. The minimum absolute atomic E-state index is 0.00335. The first-order valence-corrected chi connectivity index (χ1v) is 15.2. The highest BCUT2D eigenvalue weighted by molar-refractivity contribution is 6.33. The van der Waals surface area contributed by atoms with E-state index in [1.165, 1.54) is 33.0 Å². The molecule has 0 aromatic heterocycles. The average Bonchev–Trinajstić information content (AvgIpc) is 3.59. The minimum Gasteiger partial charge on any atom is -0.493 e. The quantitative estimate of drug-likeness (QED) is 0.269. The van der Waals surface area contributed by atoms with Gasteiger partial charge in [-0.05, 0) is 30.2 Å². The van der Waals surface area contributed by atoms with Crippen molar-refractivity contribution in [2.75, 3.05) is 27.4 Å². The molecule has 0 spiro atoms. The molecule has 0 aliphatic carbocycles. The molecule has 2 aliphatic heterocycles. The molecular weight excluding hydrogens is 627 g/mol. The van der Waals surface area contributed by atoms with Crippen LogP contribution in [-0.4, -0.2) is 71.2 Å². The maximum Gasteiger partial charge on any atom is 0.306 e. The summed E-state index contributed by atoms with van der Waals surface area (Å²) in [7, 11) is 2.83. The standard InChI is InChI=1S/C32H38ClFN2O10/c1-16(31(39)40)9-24(37)35-13-19-11-22(43-4)23(12-20(19)14-35)45-7-6-8-46-30-28(34)26-18(3)36(25(38)10-17(2)32(41)42)15-21(26)27(33)29(30)44-5/h11-12,16-18H,6-10,13-15H2,1-5H3,(H,39,40)(H,41,42)/t16-,17-,18?/m0/s1. The van der Waals surface area contributed by atoms with Gasteiger partial charge in [0.25, 0.3) is 0 Å². The van der Waals surface area contributed by atoms with E-state index in [4.69, 9.17) is 35.7 Å². The molecule has 0 saturated heterocycles. The third-order valence-corrected chi connectivity index (χ3v) is 8.73. The maximum absolute atomic E-state index is 15.9. The molecular formula is C32H38ClFN2O10. The van der Waals surface area contributed by atoms with E-state index in [0.29, 0.717) is 36.6 Å². The number of hydrogen-bond donors (Lipinski definition) is 2. The molecule has 2 aromatic rings. The fourth-order valence-electron chi connectivity index (χ4n) is 5.59. The number of hydrogen-bond acceptors (Lipinski definition) is 8. The third kappa shape index (κ3) is 7.09. The van der Waals surface area contributed by atoms with Gasteiger partial charge >= 0.3 is 11.9 Å². The number of fused-ring (bicyclic) bond motifs is 2. The number of amides is 2. The summed E-state index contributed by atoms with van der Waals surface area (Å²) in [6.45, 7) is 5.46. The van der Waals surface area contributed by atoms with Crippen LogP contribution < -0.4 is 18.9 Å². The molecule has 0 saturated carbocycles. The molecule has 2 amide bonds. The summed E-state index contributed by atoms with van der Waals surface area (Å²) in [5, 5.41) is 18.4. The van der Waals surface area contributed by atoms with Crippen molar-refractivity contribution in [3.63, 3.8) is 0 Å². The molecule has 46 heavy (non-hydrogen) atoms. The predicted octanol–water partition coefficient (Wildman–Crippen LogP) is 4.81. The number of aliphatic carboxylic acids is 2. The number of benzene rings is 2. The molecule has 14 heteroatoms. The molecule has 4 rings (SSSR count). The van der Waals surface area contributed by atoms with Crippen molar-refractivity contribution in [2.24, 2.45) is 11.8 Å². The third-order valence-electron chi connectivity index (χ3n) is 8.33. The molecule has 0 fully saturated rings. The monoisotopic (exact) mass is 664 g/mol. The van der Waals surface area contributed by atoms with Crippen LogP contribution in [0, 0.1) is 17.7 Å². The van der Waals surface area contributed by atoms with Crippen molar-refractivity contribution in [1.29, 1.82) is 0 Å². The van der Waals surface area contributed by atoms with Crippen LogP contribution in [0.4, 0.5) is 4.39 Å². The van der Waals surface area contributed by atoms with E-state index in [1.807, 2.05) is 0 Å². The van der Waals surface area contributed by atoms with Crippen LogP contribution in [0.3, 0.4) is 0 Å². The van der Waals surface area contributed by atoms with E-state index in [9.17, 15) is 24.3 Å². The minimum atomic E-state index is -1.10. The molecule has 12 nitrogen and oxygen atoms in total. The average molecular weight is 665 g/mol. The Morgan fingerprint density at radius 2 is 1.46 bits per heavy atom. The highest BCUT2D eigenvalue weighted by Gasteiger charge is 2.39. The summed E-state index contributed by atoms with van der Waals surface area (Å²) in [5.74, 6) is -4.45. The van der Waals surface area contributed by atoms with Crippen LogP contribution in [-0.2, 0) is 38.8 Å². The number of ether oxygens (including phenoxy) is 4. The van der Waals surface area contributed by atoms with Gasteiger partial charge < -0.3 is 39.0 Å². The van der Waals surface area contributed by atoms with Crippen molar-refractivity contribution in [3.05, 3.63) is 45.2 Å². The molecule has 250 valence electrons. The highest BCUT2D eigenvalue weighted by Crippen LogP contribution is 2.49. The highest BCUT2D eigenvalue weighted by atomic mass is 35.5. The van der Waals surface area contributed by atoms with Crippen molar-refractivity contribution >= 4 is 35.4 Å². The van der Waals surface area contributed by atoms with Gasteiger partial charge in [0.15, 0.2) is 28.8 Å². The largest absolute Gasteiger partial charge is 0.493 e. The number of carboxylic acid groups (broad SMARTS) is 2. The summed E-state index contributed by atoms with van der Waals surface area (Å²) < 4.78 is 38.5. The molecule has 2 aliphatic rings. The molecule has 2 aromatic carbocycles. The zero-order chi connectivity index (χ0) is 33.9. The van der Waals surface area contributed by atoms with Gasteiger partial charge in [0, 0.05) is 50.0 Å². The van der Waals surface area contributed by atoms with Gasteiger partial charge in [-0.3, -0.25) is 19.2 Å². The maximum atomic E-state index is 15.9. The van der Waals surface area contributed by atoms with Crippen LogP contribution >= 0.6 is 11.6 Å². The van der Waals surface area contributed by atoms with Crippen LogP contribution in [0.2, 0.25) is 5.02 Å². The fourth-order valence-corrected chi connectivity index (χ4v) is 5.92. The topological polar surface area (TPSA) is 152 Å². The number of carbonyl (C=O) groups excluding carboxylic acids is 2. The van der Waals surface area contributed by atoms with Gasteiger partial charge in [-0.15, -0.1) is 0 Å². The van der Waals surface area contributed by atoms with Crippen LogP contribution in [0.5, 0.6) is 23.0 Å². The lowest BCUT2D eigenvalue weighted by molar-refractivity contribution is -0.146. The second-order valence-corrected chi connectivity index (χ2v) is 11.9. The number of halogens is 2. The summed E-state index contributed by atoms with van der Waals surface area (Å²) in [6.07, 6.45) is 0.0132. The number of carboxylic acids is 2. The summed E-state index contributed by atoms with van der Waals surface area (Å²) in [5.41, 5.74) is 2.32. The Bertz CT molecular complexity index is 1530. The Labute approximate surface area is 270 Å². The first-order chi connectivity index (χ1) is 21.8. The van der Waals surface area contributed by atoms with Crippen molar-refractivity contribution < 1.29 is 52.7 Å². The number of rotatable bonds is 14. The van der Waals surface area contributed by atoms with Crippen molar-refractivity contribution in [3.8, 4) is 23.0 Å². The lowest BCUT2D eigenvalue weighted by atomic mass is 10.0. The van der Waals surface area contributed by atoms with Crippen LogP contribution in [0.25, 0.3) is 0 Å². The number of carbonyl (C=O) groups is 4. The molecule has 0 radical (unpaired) electrons. The second-order valence-electron chi connectivity index (χ2n) is 11.5. The van der Waals surface area contributed by atoms with Gasteiger partial charge in [0.05, 0.1) is 50.3 Å². The normalized spacial score (nSPS) is 16.4. The van der Waals surface area contributed by atoms with Crippen LogP contribution in [0.15, 0.2) is 12.1 Å². The predicted molar refractivity (Wildman–Crippen MR) is 163 cm³/mol. The lowest BCUT2D eigenvalue weighted by Crippen LogP contribution is -2.31. The van der Waals surface area contributed by atoms with Gasteiger partial charge in [-0.25, -0.2) is 4.39 Å². The second kappa shape index (κ2) is 14.4. The molecule has 0 bridgehead atoms. The van der Waals surface area contributed by atoms with Gasteiger partial charge in [0.2, 0.25) is 11.8 Å². The van der Waals surface area contributed by atoms with Crippen molar-refractivity contribution in [2.45, 2.75) is 65.7 Å². The lowest BCUT2D eigenvalue weighted by Gasteiger charge is -2.23. The molecule has 3 atom stereocenters. The van der Waals surface area contributed by atoms with E-state index in [-0.39, 0.29) is 60.6 Å². The van der Waals surface area contributed by atoms with Gasteiger partial charge in [0.1, 0.15) is 0 Å². The smallest absolute Gasteiger partial charge is 0.306 e. The Morgan fingerprint density at radius 3 is 2.02 bits per heavy atom.